The Bertz CT molecular complexity index is 208. The second kappa shape index (κ2) is 5.50. The highest BCUT2D eigenvalue weighted by molar-refractivity contribution is 5.67. The minimum atomic E-state index is -0.716. The minimum absolute atomic E-state index is 0.0880. The molecule has 0 aliphatic heterocycles. The number of carboxylic acid groups (broad SMARTS) is 1. The first-order chi connectivity index (χ1) is 6.97. The van der Waals surface area contributed by atoms with Gasteiger partial charge in [-0.3, -0.25) is 4.79 Å². The second-order valence-electron chi connectivity index (χ2n) is 5.28. The SMILES string of the molecule is CC1CC(C)CC(NC(C)CC(=O)O)C1. The Kier molecular flexibility index (Phi) is 4.58. The fourth-order valence-corrected chi connectivity index (χ4v) is 2.81. The van der Waals surface area contributed by atoms with E-state index >= 15 is 0 Å². The van der Waals surface area contributed by atoms with Gasteiger partial charge in [0.2, 0.25) is 0 Å². The lowest BCUT2D eigenvalue weighted by molar-refractivity contribution is -0.137. The van der Waals surface area contributed by atoms with Crippen LogP contribution >= 0.6 is 0 Å². The van der Waals surface area contributed by atoms with E-state index in [0.717, 1.165) is 11.8 Å². The van der Waals surface area contributed by atoms with E-state index in [0.29, 0.717) is 6.04 Å². The summed E-state index contributed by atoms with van der Waals surface area (Å²) in [4.78, 5) is 10.5. The van der Waals surface area contributed by atoms with Gasteiger partial charge in [-0.15, -0.1) is 0 Å². The quantitative estimate of drug-likeness (QED) is 0.753. The lowest BCUT2D eigenvalue weighted by atomic mass is 9.80. The van der Waals surface area contributed by atoms with Crippen molar-refractivity contribution in [2.75, 3.05) is 0 Å². The largest absolute Gasteiger partial charge is 0.481 e. The molecule has 0 amide bonds. The summed E-state index contributed by atoms with van der Waals surface area (Å²) in [5, 5.41) is 12.1. The second-order valence-corrected chi connectivity index (χ2v) is 5.28. The smallest absolute Gasteiger partial charge is 0.304 e. The number of carbonyl (C=O) groups is 1. The van der Waals surface area contributed by atoms with Crippen LogP contribution in [0.5, 0.6) is 0 Å². The van der Waals surface area contributed by atoms with Crippen molar-refractivity contribution in [2.24, 2.45) is 11.8 Å². The van der Waals surface area contributed by atoms with E-state index < -0.39 is 5.97 Å². The predicted molar refractivity (Wildman–Crippen MR) is 60.8 cm³/mol. The summed E-state index contributed by atoms with van der Waals surface area (Å²) in [6.45, 7) is 6.52. The molecule has 1 rings (SSSR count). The number of rotatable bonds is 4. The van der Waals surface area contributed by atoms with Gasteiger partial charge in [0, 0.05) is 12.1 Å². The number of hydrogen-bond acceptors (Lipinski definition) is 2. The number of aliphatic carboxylic acids is 1. The van der Waals surface area contributed by atoms with Crippen molar-refractivity contribution in [1.82, 2.24) is 5.32 Å². The third-order valence-electron chi connectivity index (χ3n) is 3.18. The summed E-state index contributed by atoms with van der Waals surface area (Å²) >= 11 is 0. The molecule has 1 aliphatic rings. The zero-order valence-electron chi connectivity index (χ0n) is 9.99. The Balaban J connectivity index is 2.33. The maximum atomic E-state index is 10.5. The standard InChI is InChI=1S/C12H23NO2/c1-8-4-9(2)6-11(5-8)13-10(3)7-12(14)15/h8-11,13H,4-7H2,1-3H3,(H,14,15). The van der Waals surface area contributed by atoms with Crippen LogP contribution in [0, 0.1) is 11.8 Å². The van der Waals surface area contributed by atoms with Crippen LogP contribution in [-0.4, -0.2) is 23.2 Å². The molecule has 0 saturated heterocycles. The normalized spacial score (nSPS) is 33.7. The molecule has 1 fully saturated rings. The summed E-state index contributed by atoms with van der Waals surface area (Å²) in [5.74, 6) is 0.818. The van der Waals surface area contributed by atoms with Gasteiger partial charge in [0.1, 0.15) is 0 Å². The third kappa shape index (κ3) is 4.65. The predicted octanol–water partition coefficient (Wildman–Crippen LogP) is 2.26. The summed E-state index contributed by atoms with van der Waals surface area (Å²) in [6, 6.07) is 0.600. The van der Waals surface area contributed by atoms with Crippen LogP contribution in [-0.2, 0) is 4.79 Å². The lowest BCUT2D eigenvalue weighted by Gasteiger charge is -2.33. The Morgan fingerprint density at radius 1 is 1.33 bits per heavy atom. The van der Waals surface area contributed by atoms with Gasteiger partial charge in [-0.05, 0) is 38.0 Å². The first kappa shape index (κ1) is 12.5. The molecule has 0 radical (unpaired) electrons. The molecule has 2 N–H and O–H groups in total. The topological polar surface area (TPSA) is 49.3 Å². The van der Waals surface area contributed by atoms with Gasteiger partial charge in [-0.25, -0.2) is 0 Å². The van der Waals surface area contributed by atoms with E-state index in [1.807, 2.05) is 6.92 Å². The van der Waals surface area contributed by atoms with Gasteiger partial charge in [-0.1, -0.05) is 13.8 Å². The highest BCUT2D eigenvalue weighted by Crippen LogP contribution is 2.28. The number of hydrogen-bond donors (Lipinski definition) is 2. The molecule has 1 aliphatic carbocycles. The first-order valence-electron chi connectivity index (χ1n) is 5.95. The van der Waals surface area contributed by atoms with Crippen molar-refractivity contribution in [3.05, 3.63) is 0 Å². The maximum absolute atomic E-state index is 10.5. The van der Waals surface area contributed by atoms with Crippen molar-refractivity contribution in [3.63, 3.8) is 0 Å². The van der Waals surface area contributed by atoms with E-state index in [4.69, 9.17) is 5.11 Å². The van der Waals surface area contributed by atoms with Crippen molar-refractivity contribution < 1.29 is 9.90 Å². The molecule has 1 saturated carbocycles. The van der Waals surface area contributed by atoms with Crippen LogP contribution < -0.4 is 5.32 Å². The van der Waals surface area contributed by atoms with Gasteiger partial charge in [0.15, 0.2) is 0 Å². The highest BCUT2D eigenvalue weighted by Gasteiger charge is 2.24. The van der Waals surface area contributed by atoms with Crippen molar-refractivity contribution in [3.8, 4) is 0 Å². The van der Waals surface area contributed by atoms with Crippen LogP contribution in [0.1, 0.15) is 46.5 Å². The summed E-state index contributed by atoms with van der Waals surface area (Å²) in [5.41, 5.74) is 0. The zero-order chi connectivity index (χ0) is 11.4. The van der Waals surface area contributed by atoms with Crippen LogP contribution in [0.25, 0.3) is 0 Å². The summed E-state index contributed by atoms with van der Waals surface area (Å²) in [6.07, 6.45) is 3.91. The fourth-order valence-electron chi connectivity index (χ4n) is 2.81. The first-order valence-corrected chi connectivity index (χ1v) is 5.95. The molecular formula is C12H23NO2. The van der Waals surface area contributed by atoms with Crippen LogP contribution in [0.4, 0.5) is 0 Å². The van der Waals surface area contributed by atoms with Crippen LogP contribution in [0.2, 0.25) is 0 Å². The summed E-state index contributed by atoms with van der Waals surface area (Å²) in [7, 11) is 0. The van der Waals surface area contributed by atoms with E-state index in [-0.39, 0.29) is 12.5 Å². The lowest BCUT2D eigenvalue weighted by Crippen LogP contribution is -2.42. The molecule has 3 unspecified atom stereocenters. The molecule has 0 bridgehead atoms. The Labute approximate surface area is 92.3 Å². The van der Waals surface area contributed by atoms with E-state index in [1.54, 1.807) is 0 Å². The van der Waals surface area contributed by atoms with Gasteiger partial charge >= 0.3 is 5.97 Å². The van der Waals surface area contributed by atoms with Crippen molar-refractivity contribution >= 4 is 5.97 Å². The molecule has 0 spiro atoms. The van der Waals surface area contributed by atoms with E-state index in [2.05, 4.69) is 19.2 Å². The van der Waals surface area contributed by atoms with E-state index in [1.165, 1.54) is 19.3 Å². The molecule has 0 aromatic rings. The third-order valence-corrected chi connectivity index (χ3v) is 3.18. The Morgan fingerprint density at radius 2 is 1.87 bits per heavy atom. The molecule has 3 atom stereocenters. The molecule has 0 aromatic heterocycles. The molecule has 3 heteroatoms. The van der Waals surface area contributed by atoms with Crippen LogP contribution in [0.15, 0.2) is 0 Å². The fraction of sp³-hybridized carbons (Fsp3) is 0.917. The molecule has 0 aromatic carbocycles. The van der Waals surface area contributed by atoms with Gasteiger partial charge < -0.3 is 10.4 Å². The molecule has 3 nitrogen and oxygen atoms in total. The van der Waals surface area contributed by atoms with Gasteiger partial charge in [-0.2, -0.15) is 0 Å². The summed E-state index contributed by atoms with van der Waals surface area (Å²) < 4.78 is 0. The molecule has 0 heterocycles. The Hall–Kier alpha value is -0.570. The highest BCUT2D eigenvalue weighted by atomic mass is 16.4. The maximum Gasteiger partial charge on any atom is 0.304 e. The zero-order valence-corrected chi connectivity index (χ0v) is 9.99. The average molecular weight is 213 g/mol. The average Bonchev–Trinajstić information content (AvgIpc) is 1.98. The molecular weight excluding hydrogens is 190 g/mol. The van der Waals surface area contributed by atoms with Gasteiger partial charge in [0.25, 0.3) is 0 Å². The molecule has 88 valence electrons. The monoisotopic (exact) mass is 213 g/mol. The van der Waals surface area contributed by atoms with E-state index in [9.17, 15) is 4.79 Å². The van der Waals surface area contributed by atoms with Gasteiger partial charge in [0.05, 0.1) is 6.42 Å². The number of carboxylic acids is 1. The Morgan fingerprint density at radius 3 is 2.33 bits per heavy atom. The minimum Gasteiger partial charge on any atom is -0.481 e. The van der Waals surface area contributed by atoms with Crippen molar-refractivity contribution in [1.29, 1.82) is 0 Å². The number of nitrogens with one attached hydrogen (secondary N) is 1. The van der Waals surface area contributed by atoms with Crippen LogP contribution in [0.3, 0.4) is 0 Å². The molecule has 15 heavy (non-hydrogen) atoms. The van der Waals surface area contributed by atoms with Crippen molar-refractivity contribution in [2.45, 2.75) is 58.5 Å².